The maximum Gasteiger partial charge on any atom is 0.422 e. The van der Waals surface area contributed by atoms with Crippen LogP contribution in [-0.4, -0.2) is 18.0 Å². The van der Waals surface area contributed by atoms with Crippen LogP contribution < -0.4 is 0 Å². The molecule has 0 N–H and O–H groups in total. The molecule has 1 atom stereocenters. The lowest BCUT2D eigenvalue weighted by atomic mass is 10.0. The van der Waals surface area contributed by atoms with Gasteiger partial charge in [-0.2, -0.15) is 26.3 Å². The van der Waals surface area contributed by atoms with Crippen LogP contribution in [0, 0.1) is 0 Å². The maximum absolute atomic E-state index is 12.2. The molecule has 0 bridgehead atoms. The monoisotopic (exact) mass is 198 g/mol. The predicted molar refractivity (Wildman–Crippen MR) is 26.2 cm³/mol. The van der Waals surface area contributed by atoms with Crippen LogP contribution in [-0.2, 0) is 0 Å². The molecule has 0 amide bonds. The topological polar surface area (TPSA) is 0 Å². The van der Waals surface area contributed by atoms with Crippen molar-refractivity contribution >= 4 is 0 Å². The minimum atomic E-state index is -5.48. The summed E-state index contributed by atoms with van der Waals surface area (Å²) >= 11 is 0. The smallest absolute Gasteiger partial charge is 0.234 e. The SMILES string of the molecule is CC(F)(CC(F)(F)F)C(F)(F)F. The van der Waals surface area contributed by atoms with Gasteiger partial charge in [-0.3, -0.25) is 0 Å². The summed E-state index contributed by atoms with van der Waals surface area (Å²) in [6.45, 7) is -0.138. The van der Waals surface area contributed by atoms with Gasteiger partial charge >= 0.3 is 12.4 Å². The first-order valence-corrected chi connectivity index (χ1v) is 2.78. The fourth-order valence-corrected chi connectivity index (χ4v) is 0.477. The largest absolute Gasteiger partial charge is 0.422 e. The third-order valence-corrected chi connectivity index (χ3v) is 1.12. The van der Waals surface area contributed by atoms with Crippen molar-refractivity contribution < 1.29 is 30.7 Å². The Morgan fingerprint density at radius 3 is 1.25 bits per heavy atom. The molecule has 0 aromatic rings. The molecular formula is C5H5F7. The van der Waals surface area contributed by atoms with E-state index in [-0.39, 0.29) is 6.92 Å². The van der Waals surface area contributed by atoms with Gasteiger partial charge in [0.05, 0.1) is 6.42 Å². The maximum atomic E-state index is 12.2. The molecule has 0 spiro atoms. The lowest BCUT2D eigenvalue weighted by Crippen LogP contribution is -2.41. The van der Waals surface area contributed by atoms with Gasteiger partial charge < -0.3 is 0 Å². The van der Waals surface area contributed by atoms with Crippen LogP contribution in [0.25, 0.3) is 0 Å². The van der Waals surface area contributed by atoms with Crippen LogP contribution in [0.5, 0.6) is 0 Å². The van der Waals surface area contributed by atoms with E-state index in [2.05, 4.69) is 0 Å². The van der Waals surface area contributed by atoms with Crippen LogP contribution >= 0.6 is 0 Å². The second-order valence-electron chi connectivity index (χ2n) is 2.49. The van der Waals surface area contributed by atoms with Gasteiger partial charge in [-0.15, -0.1) is 0 Å². The Morgan fingerprint density at radius 1 is 0.833 bits per heavy atom. The Bertz CT molecular complexity index is 150. The van der Waals surface area contributed by atoms with E-state index in [1.54, 1.807) is 0 Å². The van der Waals surface area contributed by atoms with Gasteiger partial charge in [-0.1, -0.05) is 0 Å². The van der Waals surface area contributed by atoms with E-state index in [1.165, 1.54) is 0 Å². The van der Waals surface area contributed by atoms with Gasteiger partial charge in [-0.05, 0) is 6.92 Å². The lowest BCUT2D eigenvalue weighted by Gasteiger charge is -2.24. The summed E-state index contributed by atoms with van der Waals surface area (Å²) in [7, 11) is 0. The van der Waals surface area contributed by atoms with Crippen molar-refractivity contribution in [3.05, 3.63) is 0 Å². The molecule has 0 aliphatic rings. The molecule has 0 aliphatic carbocycles. The van der Waals surface area contributed by atoms with Crippen molar-refractivity contribution in [3.63, 3.8) is 0 Å². The highest BCUT2D eigenvalue weighted by atomic mass is 19.4. The molecule has 0 rings (SSSR count). The molecule has 74 valence electrons. The van der Waals surface area contributed by atoms with Crippen LogP contribution in [0.2, 0.25) is 0 Å². The fourth-order valence-electron chi connectivity index (χ4n) is 0.477. The highest BCUT2D eigenvalue weighted by Gasteiger charge is 2.57. The molecule has 0 radical (unpaired) electrons. The van der Waals surface area contributed by atoms with Gasteiger partial charge in [0, 0.05) is 0 Å². The number of halogens is 7. The Hall–Kier alpha value is -0.490. The first-order chi connectivity index (χ1) is 4.96. The highest BCUT2D eigenvalue weighted by Crippen LogP contribution is 2.41. The summed E-state index contributed by atoms with van der Waals surface area (Å²) in [5.74, 6) is 0. The minimum Gasteiger partial charge on any atom is -0.234 e. The second-order valence-corrected chi connectivity index (χ2v) is 2.49. The van der Waals surface area contributed by atoms with E-state index >= 15 is 0 Å². The average Bonchev–Trinajstić information content (AvgIpc) is 1.52. The lowest BCUT2D eigenvalue weighted by molar-refractivity contribution is -0.261. The molecular weight excluding hydrogens is 193 g/mol. The quantitative estimate of drug-likeness (QED) is 0.567. The molecule has 0 heterocycles. The van der Waals surface area contributed by atoms with E-state index in [0.29, 0.717) is 0 Å². The van der Waals surface area contributed by atoms with Gasteiger partial charge in [0.15, 0.2) is 0 Å². The van der Waals surface area contributed by atoms with E-state index < -0.39 is 24.4 Å². The van der Waals surface area contributed by atoms with E-state index in [4.69, 9.17) is 0 Å². The summed E-state index contributed by atoms with van der Waals surface area (Å²) in [6, 6.07) is 0. The molecule has 0 aliphatic heterocycles. The summed E-state index contributed by atoms with van der Waals surface area (Å²) < 4.78 is 80.7. The van der Waals surface area contributed by atoms with Crippen molar-refractivity contribution in [1.82, 2.24) is 0 Å². The minimum absolute atomic E-state index is 0.138. The van der Waals surface area contributed by atoms with Crippen LogP contribution in [0.15, 0.2) is 0 Å². The van der Waals surface area contributed by atoms with Crippen LogP contribution in [0.4, 0.5) is 30.7 Å². The molecule has 0 aromatic carbocycles. The third-order valence-electron chi connectivity index (χ3n) is 1.12. The number of hydrogen-bond donors (Lipinski definition) is 0. The molecule has 0 saturated heterocycles. The fraction of sp³-hybridized carbons (Fsp3) is 1.00. The van der Waals surface area contributed by atoms with Crippen molar-refractivity contribution in [1.29, 1.82) is 0 Å². The number of alkyl halides is 7. The van der Waals surface area contributed by atoms with Crippen molar-refractivity contribution in [2.45, 2.75) is 31.4 Å². The van der Waals surface area contributed by atoms with Gasteiger partial charge in [0.2, 0.25) is 5.67 Å². The summed E-state index contributed by atoms with van der Waals surface area (Å²) in [5, 5.41) is 0. The van der Waals surface area contributed by atoms with Crippen molar-refractivity contribution in [2.75, 3.05) is 0 Å². The second kappa shape index (κ2) is 2.77. The predicted octanol–water partition coefficient (Wildman–Crippen LogP) is 3.23. The van der Waals surface area contributed by atoms with Crippen LogP contribution in [0.3, 0.4) is 0 Å². The van der Waals surface area contributed by atoms with Gasteiger partial charge in [0.25, 0.3) is 0 Å². The zero-order chi connectivity index (χ0) is 10.2. The number of hydrogen-bond acceptors (Lipinski definition) is 0. The zero-order valence-corrected chi connectivity index (χ0v) is 5.85. The molecule has 7 heteroatoms. The van der Waals surface area contributed by atoms with E-state index in [1.807, 2.05) is 0 Å². The molecule has 0 aromatic heterocycles. The Kier molecular flexibility index (Phi) is 2.66. The summed E-state index contributed by atoms with van der Waals surface area (Å²) in [4.78, 5) is 0. The first-order valence-electron chi connectivity index (χ1n) is 2.78. The molecule has 1 unspecified atom stereocenters. The summed E-state index contributed by atoms with van der Waals surface area (Å²) in [6.07, 6.45) is -13.1. The first kappa shape index (κ1) is 11.5. The third kappa shape index (κ3) is 3.27. The zero-order valence-electron chi connectivity index (χ0n) is 5.85. The van der Waals surface area contributed by atoms with Crippen molar-refractivity contribution in [2.24, 2.45) is 0 Å². The molecule has 0 fully saturated rings. The van der Waals surface area contributed by atoms with Crippen LogP contribution in [0.1, 0.15) is 13.3 Å². The standard InChI is InChI=1S/C5H5F7/c1-3(6,5(10,11)12)2-4(7,8)9/h2H2,1H3. The van der Waals surface area contributed by atoms with E-state index in [0.717, 1.165) is 0 Å². The van der Waals surface area contributed by atoms with Gasteiger partial charge in [-0.25, -0.2) is 4.39 Å². The normalized spacial score (nSPS) is 19.0. The van der Waals surface area contributed by atoms with E-state index in [9.17, 15) is 30.7 Å². The molecule has 0 nitrogen and oxygen atoms in total. The highest BCUT2D eigenvalue weighted by molar-refractivity contribution is 4.84. The Morgan fingerprint density at radius 2 is 1.17 bits per heavy atom. The van der Waals surface area contributed by atoms with Crippen molar-refractivity contribution in [3.8, 4) is 0 Å². The Balaban J connectivity index is 4.44. The number of rotatable bonds is 1. The van der Waals surface area contributed by atoms with Gasteiger partial charge in [0.1, 0.15) is 0 Å². The molecule has 0 saturated carbocycles. The summed E-state index contributed by atoms with van der Waals surface area (Å²) in [5.41, 5.74) is -4.20. The Labute approximate surface area is 63.4 Å². The average molecular weight is 198 g/mol. The molecule has 12 heavy (non-hydrogen) atoms.